The van der Waals surface area contributed by atoms with E-state index >= 15 is 0 Å². The Morgan fingerprint density at radius 2 is 1.90 bits per heavy atom. The number of anilines is 1. The fourth-order valence-corrected chi connectivity index (χ4v) is 3.78. The first-order valence-electron chi connectivity index (χ1n) is 7.36. The van der Waals surface area contributed by atoms with E-state index in [0.717, 1.165) is 41.6 Å². The van der Waals surface area contributed by atoms with Gasteiger partial charge in [0.1, 0.15) is 0 Å². The summed E-state index contributed by atoms with van der Waals surface area (Å²) in [5.74, 6) is 3.14. The number of rotatable bonds is 3. The van der Waals surface area contributed by atoms with Gasteiger partial charge in [0.2, 0.25) is 5.95 Å². The molecule has 3 atom stereocenters. The van der Waals surface area contributed by atoms with Crippen molar-refractivity contribution in [2.45, 2.75) is 26.2 Å². The third-order valence-corrected chi connectivity index (χ3v) is 4.68. The summed E-state index contributed by atoms with van der Waals surface area (Å²) in [4.78, 5) is 8.90. The van der Waals surface area contributed by atoms with Gasteiger partial charge in [0.15, 0.2) is 0 Å². The zero-order valence-electron chi connectivity index (χ0n) is 11.9. The van der Waals surface area contributed by atoms with E-state index in [-0.39, 0.29) is 0 Å². The Morgan fingerprint density at radius 1 is 1.15 bits per heavy atom. The molecule has 2 aliphatic rings. The van der Waals surface area contributed by atoms with Gasteiger partial charge >= 0.3 is 0 Å². The van der Waals surface area contributed by atoms with Crippen LogP contribution in [0.5, 0.6) is 0 Å². The van der Waals surface area contributed by atoms with E-state index < -0.39 is 0 Å². The van der Waals surface area contributed by atoms with E-state index in [2.05, 4.69) is 39.6 Å². The van der Waals surface area contributed by atoms with Crippen LogP contribution in [-0.4, -0.2) is 16.5 Å². The quantitative estimate of drug-likeness (QED) is 0.926. The molecule has 0 aliphatic heterocycles. The average Bonchev–Trinajstić information content (AvgIpc) is 2.94. The molecule has 0 spiro atoms. The third kappa shape index (κ3) is 1.89. The van der Waals surface area contributed by atoms with Crippen LogP contribution in [0, 0.1) is 25.7 Å². The zero-order chi connectivity index (χ0) is 13.7. The van der Waals surface area contributed by atoms with Gasteiger partial charge in [0.25, 0.3) is 0 Å². The number of nitrogens with zero attached hydrogens (tertiary/aromatic N) is 2. The second-order valence-corrected chi connectivity index (χ2v) is 6.11. The third-order valence-electron chi connectivity index (χ3n) is 4.68. The van der Waals surface area contributed by atoms with Crippen LogP contribution in [0.4, 0.5) is 5.95 Å². The highest BCUT2D eigenvalue weighted by Gasteiger charge is 2.54. The lowest BCUT2D eigenvalue weighted by atomic mass is 10.0. The van der Waals surface area contributed by atoms with Crippen molar-refractivity contribution >= 4 is 5.95 Å². The van der Waals surface area contributed by atoms with Crippen LogP contribution in [0.1, 0.15) is 28.4 Å². The zero-order valence-corrected chi connectivity index (χ0v) is 11.9. The van der Waals surface area contributed by atoms with Gasteiger partial charge in [-0.2, -0.15) is 0 Å². The highest BCUT2D eigenvalue weighted by molar-refractivity contribution is 5.44. The summed E-state index contributed by atoms with van der Waals surface area (Å²) in [5.41, 5.74) is 5.19. The highest BCUT2D eigenvalue weighted by atomic mass is 15.1. The Kier molecular flexibility index (Phi) is 2.56. The second kappa shape index (κ2) is 4.30. The maximum absolute atomic E-state index is 4.45. The molecule has 2 aromatic rings. The summed E-state index contributed by atoms with van der Waals surface area (Å²) < 4.78 is 0. The standard InChI is InChI=1S/C17H19N3/c1-10-7-11(2)20-17(19-10)18-9-15-14-8-12-5-3-4-6-13(12)16(14)15/h3-7,14-16H,8-9H2,1-2H3,(H,18,19,20). The molecular formula is C17H19N3. The molecular weight excluding hydrogens is 246 g/mol. The fraction of sp³-hybridized carbons (Fsp3) is 0.412. The monoisotopic (exact) mass is 265 g/mol. The Morgan fingerprint density at radius 3 is 2.70 bits per heavy atom. The van der Waals surface area contributed by atoms with Crippen LogP contribution < -0.4 is 5.32 Å². The summed E-state index contributed by atoms with van der Waals surface area (Å²) in [7, 11) is 0. The van der Waals surface area contributed by atoms with Crippen LogP contribution in [0.2, 0.25) is 0 Å². The summed E-state index contributed by atoms with van der Waals surface area (Å²) in [5, 5.41) is 3.43. The number of benzene rings is 1. The molecule has 102 valence electrons. The molecule has 2 aliphatic carbocycles. The van der Waals surface area contributed by atoms with Crippen molar-refractivity contribution in [1.29, 1.82) is 0 Å². The lowest BCUT2D eigenvalue weighted by molar-refractivity contribution is 0.715. The number of hydrogen-bond acceptors (Lipinski definition) is 3. The van der Waals surface area contributed by atoms with E-state index in [0.29, 0.717) is 0 Å². The summed E-state index contributed by atoms with van der Waals surface area (Å²) >= 11 is 0. The van der Waals surface area contributed by atoms with Crippen molar-refractivity contribution in [3.8, 4) is 0 Å². The number of aryl methyl sites for hydroxylation is 2. The normalized spacial score (nSPS) is 26.0. The molecule has 1 fully saturated rings. The first kappa shape index (κ1) is 11.9. The van der Waals surface area contributed by atoms with Crippen molar-refractivity contribution in [1.82, 2.24) is 9.97 Å². The minimum Gasteiger partial charge on any atom is -0.354 e. The van der Waals surface area contributed by atoms with E-state index in [4.69, 9.17) is 0 Å². The molecule has 0 saturated heterocycles. The van der Waals surface area contributed by atoms with Gasteiger partial charge < -0.3 is 5.32 Å². The molecule has 20 heavy (non-hydrogen) atoms. The van der Waals surface area contributed by atoms with Gasteiger partial charge in [-0.25, -0.2) is 9.97 Å². The van der Waals surface area contributed by atoms with Crippen LogP contribution in [0.25, 0.3) is 0 Å². The molecule has 1 aromatic carbocycles. The number of aromatic nitrogens is 2. The number of hydrogen-bond donors (Lipinski definition) is 1. The summed E-state index contributed by atoms with van der Waals surface area (Å²) in [6.45, 7) is 5.02. The second-order valence-electron chi connectivity index (χ2n) is 6.11. The van der Waals surface area contributed by atoms with E-state index in [1.54, 1.807) is 11.1 Å². The van der Waals surface area contributed by atoms with Gasteiger partial charge in [0.05, 0.1) is 0 Å². The number of nitrogens with one attached hydrogen (secondary N) is 1. The molecule has 4 rings (SSSR count). The van der Waals surface area contributed by atoms with Crippen molar-refractivity contribution in [2.24, 2.45) is 11.8 Å². The van der Waals surface area contributed by atoms with Gasteiger partial charge in [-0.05, 0) is 55.2 Å². The average molecular weight is 265 g/mol. The minimum absolute atomic E-state index is 0.759. The van der Waals surface area contributed by atoms with Crippen molar-refractivity contribution in [3.05, 3.63) is 52.8 Å². The molecule has 3 nitrogen and oxygen atoms in total. The topological polar surface area (TPSA) is 37.8 Å². The molecule has 1 saturated carbocycles. The molecule has 1 N–H and O–H groups in total. The Hall–Kier alpha value is -1.90. The molecule has 0 bridgehead atoms. The maximum Gasteiger partial charge on any atom is 0.223 e. The Labute approximate surface area is 119 Å². The van der Waals surface area contributed by atoms with E-state index in [1.165, 1.54) is 6.42 Å². The van der Waals surface area contributed by atoms with Crippen molar-refractivity contribution in [3.63, 3.8) is 0 Å². The summed E-state index contributed by atoms with van der Waals surface area (Å²) in [6, 6.07) is 10.9. The van der Waals surface area contributed by atoms with Crippen LogP contribution in [0.15, 0.2) is 30.3 Å². The maximum atomic E-state index is 4.45. The van der Waals surface area contributed by atoms with Gasteiger partial charge in [-0.3, -0.25) is 0 Å². The van der Waals surface area contributed by atoms with Crippen molar-refractivity contribution in [2.75, 3.05) is 11.9 Å². The van der Waals surface area contributed by atoms with Crippen molar-refractivity contribution < 1.29 is 0 Å². The largest absolute Gasteiger partial charge is 0.354 e. The molecule has 1 heterocycles. The van der Waals surface area contributed by atoms with Crippen LogP contribution in [0.3, 0.4) is 0 Å². The van der Waals surface area contributed by atoms with Crippen LogP contribution in [-0.2, 0) is 6.42 Å². The first-order chi connectivity index (χ1) is 9.72. The molecule has 3 heteroatoms. The molecule has 0 radical (unpaired) electrons. The Bertz CT molecular complexity index is 645. The SMILES string of the molecule is Cc1cc(C)nc(NCC2C3Cc4ccccc4C23)n1. The lowest BCUT2D eigenvalue weighted by Crippen LogP contribution is -2.11. The lowest BCUT2D eigenvalue weighted by Gasteiger charge is -2.09. The summed E-state index contributed by atoms with van der Waals surface area (Å²) in [6.07, 6.45) is 1.25. The van der Waals surface area contributed by atoms with Gasteiger partial charge in [-0.1, -0.05) is 24.3 Å². The fourth-order valence-electron chi connectivity index (χ4n) is 3.78. The minimum atomic E-state index is 0.759. The first-order valence-corrected chi connectivity index (χ1v) is 7.36. The highest BCUT2D eigenvalue weighted by Crippen LogP contribution is 2.61. The molecule has 0 amide bonds. The van der Waals surface area contributed by atoms with E-state index in [1.807, 2.05) is 19.9 Å². The molecule has 1 aromatic heterocycles. The molecule has 3 unspecified atom stereocenters. The van der Waals surface area contributed by atoms with Gasteiger partial charge in [-0.15, -0.1) is 0 Å². The smallest absolute Gasteiger partial charge is 0.223 e. The number of fused-ring (bicyclic) bond motifs is 3. The predicted octanol–water partition coefficient (Wildman–Crippen LogP) is 3.09. The Balaban J connectivity index is 1.44. The van der Waals surface area contributed by atoms with Crippen LogP contribution >= 0.6 is 0 Å². The van der Waals surface area contributed by atoms with Gasteiger partial charge in [0, 0.05) is 17.9 Å². The predicted molar refractivity (Wildman–Crippen MR) is 79.9 cm³/mol. The van der Waals surface area contributed by atoms with E-state index in [9.17, 15) is 0 Å².